The molecule has 2 amide bonds. The highest BCUT2D eigenvalue weighted by atomic mass is 35.5. The first-order chi connectivity index (χ1) is 17.0. The molecule has 1 heterocycles. The van der Waals surface area contributed by atoms with E-state index >= 15 is 0 Å². The van der Waals surface area contributed by atoms with E-state index in [1.165, 1.54) is 12.1 Å². The van der Waals surface area contributed by atoms with Gasteiger partial charge in [-0.05, 0) is 24.3 Å². The summed E-state index contributed by atoms with van der Waals surface area (Å²) in [5.74, 6) is -4.41. The molecule has 0 aromatic heterocycles. The van der Waals surface area contributed by atoms with Crippen LogP contribution in [0.4, 0.5) is 33.3 Å². The summed E-state index contributed by atoms with van der Waals surface area (Å²) >= 11 is 6.11. The van der Waals surface area contributed by atoms with Gasteiger partial charge in [0.05, 0.1) is 23.4 Å². The Morgan fingerprint density at radius 3 is 2.36 bits per heavy atom. The summed E-state index contributed by atoms with van der Waals surface area (Å²) in [6, 6.07) is 6.80. The molecule has 1 fully saturated rings. The third-order valence-corrected chi connectivity index (χ3v) is 5.89. The minimum Gasteiger partial charge on any atom is -0.387 e. The van der Waals surface area contributed by atoms with Crippen molar-refractivity contribution in [1.82, 2.24) is 10.2 Å². The molecule has 0 atom stereocenters. The van der Waals surface area contributed by atoms with Gasteiger partial charge in [0.1, 0.15) is 6.61 Å². The summed E-state index contributed by atoms with van der Waals surface area (Å²) in [6.45, 7) is 0.183. The molecule has 2 aromatic carbocycles. The summed E-state index contributed by atoms with van der Waals surface area (Å²) in [5, 5.41) is 13.8. The standard InChI is InChI=1S/C23H24ClF5N4O3/c24-15-2-4-17(18(11-15)33-9-7-32(8-10-33)6-5-23(27,28)29)31-22(36)16-3-1-14(20(25)21(16)26)12-30-19(35)13-34/h1-4,11,34H,5-10,12-13H2,(H,30,35)(H,31,36). The Morgan fingerprint density at radius 1 is 1.03 bits per heavy atom. The van der Waals surface area contributed by atoms with Crippen molar-refractivity contribution in [3.8, 4) is 0 Å². The lowest BCUT2D eigenvalue weighted by molar-refractivity contribution is -0.138. The van der Waals surface area contributed by atoms with Crippen molar-refractivity contribution in [3.05, 3.63) is 58.1 Å². The Hall–Kier alpha value is -2.96. The van der Waals surface area contributed by atoms with Crippen molar-refractivity contribution in [1.29, 1.82) is 0 Å². The van der Waals surface area contributed by atoms with Crippen LogP contribution >= 0.6 is 11.6 Å². The number of hydrogen-bond donors (Lipinski definition) is 3. The lowest BCUT2D eigenvalue weighted by Gasteiger charge is -2.37. The lowest BCUT2D eigenvalue weighted by atomic mass is 10.1. The molecule has 0 aliphatic carbocycles. The van der Waals surface area contributed by atoms with E-state index in [1.54, 1.807) is 11.0 Å². The zero-order valence-electron chi connectivity index (χ0n) is 19.0. The maximum atomic E-state index is 14.6. The number of halogens is 6. The summed E-state index contributed by atoms with van der Waals surface area (Å²) in [4.78, 5) is 27.4. The van der Waals surface area contributed by atoms with Crippen molar-refractivity contribution >= 4 is 34.8 Å². The number of benzene rings is 2. The number of piperazine rings is 1. The number of aliphatic hydroxyl groups excluding tert-OH is 1. The molecule has 7 nitrogen and oxygen atoms in total. The van der Waals surface area contributed by atoms with Gasteiger partial charge in [-0.2, -0.15) is 13.2 Å². The second-order valence-corrected chi connectivity index (χ2v) is 8.58. The fourth-order valence-corrected chi connectivity index (χ4v) is 3.88. The molecule has 3 rings (SSSR count). The van der Waals surface area contributed by atoms with Gasteiger partial charge in [-0.15, -0.1) is 0 Å². The van der Waals surface area contributed by atoms with Gasteiger partial charge < -0.3 is 20.6 Å². The molecule has 13 heteroatoms. The summed E-state index contributed by atoms with van der Waals surface area (Å²) in [5.41, 5.74) is -0.00759. The van der Waals surface area contributed by atoms with E-state index in [1.807, 2.05) is 4.90 Å². The van der Waals surface area contributed by atoms with Crippen molar-refractivity contribution < 1.29 is 36.6 Å². The average molecular weight is 535 g/mol. The molecule has 1 saturated heterocycles. The number of anilines is 2. The minimum absolute atomic E-state index is 0.110. The smallest absolute Gasteiger partial charge is 0.387 e. The maximum Gasteiger partial charge on any atom is 0.390 e. The van der Waals surface area contributed by atoms with Gasteiger partial charge in [0, 0.05) is 49.9 Å². The summed E-state index contributed by atoms with van der Waals surface area (Å²) < 4.78 is 66.6. The fraction of sp³-hybridized carbons (Fsp3) is 0.391. The number of aliphatic hydroxyl groups is 1. The molecule has 1 aliphatic heterocycles. The largest absolute Gasteiger partial charge is 0.390 e. The van der Waals surface area contributed by atoms with E-state index in [9.17, 15) is 31.5 Å². The molecular weight excluding hydrogens is 511 g/mol. The summed E-state index contributed by atoms with van der Waals surface area (Å²) in [6.07, 6.45) is -5.14. The minimum atomic E-state index is -4.23. The van der Waals surface area contributed by atoms with Crippen LogP contribution in [0.25, 0.3) is 0 Å². The molecule has 0 radical (unpaired) electrons. The van der Waals surface area contributed by atoms with Crippen molar-refractivity contribution in [2.24, 2.45) is 0 Å². The average Bonchev–Trinajstić information content (AvgIpc) is 2.84. The summed E-state index contributed by atoms with van der Waals surface area (Å²) in [7, 11) is 0. The van der Waals surface area contributed by atoms with Crippen LogP contribution < -0.4 is 15.5 Å². The zero-order valence-corrected chi connectivity index (χ0v) is 19.7. The molecular formula is C23H24ClF5N4O3. The van der Waals surface area contributed by atoms with Crippen molar-refractivity contribution in [2.45, 2.75) is 19.1 Å². The number of carbonyl (C=O) groups is 2. The maximum absolute atomic E-state index is 14.6. The number of carbonyl (C=O) groups excluding carboxylic acids is 2. The van der Waals surface area contributed by atoms with Gasteiger partial charge in [-0.1, -0.05) is 17.7 Å². The van der Waals surface area contributed by atoms with Gasteiger partial charge in [-0.3, -0.25) is 14.5 Å². The van der Waals surface area contributed by atoms with Gasteiger partial charge >= 0.3 is 6.18 Å². The number of nitrogens with one attached hydrogen (secondary N) is 2. The molecule has 0 spiro atoms. The number of nitrogens with zero attached hydrogens (tertiary/aromatic N) is 2. The predicted molar refractivity (Wildman–Crippen MR) is 124 cm³/mol. The van der Waals surface area contributed by atoms with Gasteiger partial charge in [0.15, 0.2) is 11.6 Å². The van der Waals surface area contributed by atoms with Crippen molar-refractivity contribution in [2.75, 3.05) is 49.5 Å². The number of amides is 2. The number of hydrogen-bond acceptors (Lipinski definition) is 5. The first kappa shape index (κ1) is 27.6. The number of rotatable bonds is 8. The second-order valence-electron chi connectivity index (χ2n) is 8.14. The SMILES string of the molecule is O=C(CO)NCc1ccc(C(=O)Nc2ccc(Cl)cc2N2CCN(CCC(F)(F)F)CC2)c(F)c1F. The Labute approximate surface area is 208 Å². The monoisotopic (exact) mass is 534 g/mol. The van der Waals surface area contributed by atoms with Crippen molar-refractivity contribution in [3.63, 3.8) is 0 Å². The highest BCUT2D eigenvalue weighted by Gasteiger charge is 2.29. The molecule has 0 saturated carbocycles. The highest BCUT2D eigenvalue weighted by molar-refractivity contribution is 6.31. The predicted octanol–water partition coefficient (Wildman–Crippen LogP) is 3.55. The normalized spacial score (nSPS) is 14.6. The van der Waals surface area contributed by atoms with E-state index < -0.39 is 48.2 Å². The zero-order chi connectivity index (χ0) is 26.5. The van der Waals surface area contributed by atoms with E-state index in [0.717, 1.165) is 12.1 Å². The van der Waals surface area contributed by atoms with Gasteiger partial charge in [0.25, 0.3) is 5.91 Å². The molecule has 2 aromatic rings. The Balaban J connectivity index is 1.71. The quantitative estimate of drug-likeness (QED) is 0.451. The van der Waals surface area contributed by atoms with Crippen LogP contribution in [0.15, 0.2) is 30.3 Å². The van der Waals surface area contributed by atoms with E-state index in [-0.39, 0.29) is 24.3 Å². The molecule has 3 N–H and O–H groups in total. The Bertz CT molecular complexity index is 1110. The van der Waals surface area contributed by atoms with Gasteiger partial charge in [-0.25, -0.2) is 8.78 Å². The van der Waals surface area contributed by atoms with Crippen LogP contribution in [0.3, 0.4) is 0 Å². The third-order valence-electron chi connectivity index (χ3n) is 5.66. The van der Waals surface area contributed by atoms with Crippen LogP contribution in [-0.2, 0) is 11.3 Å². The van der Waals surface area contributed by atoms with Crippen LogP contribution in [0, 0.1) is 11.6 Å². The first-order valence-corrected chi connectivity index (χ1v) is 11.4. The van der Waals surface area contributed by atoms with Crippen LogP contribution in [0.5, 0.6) is 0 Å². The molecule has 0 unspecified atom stereocenters. The first-order valence-electron chi connectivity index (χ1n) is 11.0. The highest BCUT2D eigenvalue weighted by Crippen LogP contribution is 2.31. The van der Waals surface area contributed by atoms with E-state index in [2.05, 4.69) is 10.6 Å². The topological polar surface area (TPSA) is 84.9 Å². The Morgan fingerprint density at radius 2 is 1.72 bits per heavy atom. The molecule has 196 valence electrons. The molecule has 0 bridgehead atoms. The third kappa shape index (κ3) is 7.28. The van der Waals surface area contributed by atoms with Crippen LogP contribution in [-0.4, -0.2) is 67.3 Å². The van der Waals surface area contributed by atoms with Gasteiger partial charge in [0.2, 0.25) is 5.91 Å². The Kier molecular flexibility index (Phi) is 9.09. The second kappa shape index (κ2) is 11.8. The van der Waals surface area contributed by atoms with E-state index in [4.69, 9.17) is 16.7 Å². The molecule has 36 heavy (non-hydrogen) atoms. The fourth-order valence-electron chi connectivity index (χ4n) is 3.71. The van der Waals surface area contributed by atoms with Crippen LogP contribution in [0.2, 0.25) is 5.02 Å². The number of alkyl halides is 3. The molecule has 1 aliphatic rings. The van der Waals surface area contributed by atoms with E-state index in [0.29, 0.717) is 36.9 Å². The van der Waals surface area contributed by atoms with Crippen LogP contribution in [0.1, 0.15) is 22.3 Å². The lowest BCUT2D eigenvalue weighted by Crippen LogP contribution is -2.47.